The lowest BCUT2D eigenvalue weighted by atomic mass is 9.96. The molecule has 4 nitrogen and oxygen atoms in total. The summed E-state index contributed by atoms with van der Waals surface area (Å²) >= 11 is 0. The summed E-state index contributed by atoms with van der Waals surface area (Å²) in [6, 6.07) is 2.18. The number of aromatic nitrogens is 2. The van der Waals surface area contributed by atoms with Crippen molar-refractivity contribution in [3.63, 3.8) is 0 Å². The van der Waals surface area contributed by atoms with Gasteiger partial charge in [0.25, 0.3) is 0 Å². The molecule has 0 amide bonds. The van der Waals surface area contributed by atoms with Crippen molar-refractivity contribution in [2.45, 2.75) is 53.0 Å². The van der Waals surface area contributed by atoms with E-state index in [1.165, 1.54) is 5.69 Å². The molecule has 1 aliphatic carbocycles. The molecular weight excluding hydrogens is 252 g/mol. The smallest absolute Gasteiger partial charge is 0.164 e. The Bertz CT molecular complexity index is 659. The van der Waals surface area contributed by atoms with Gasteiger partial charge in [-0.1, -0.05) is 5.16 Å². The number of hydrogen-bond donors (Lipinski definition) is 0. The number of hydrogen-bond acceptors (Lipinski definition) is 3. The number of rotatable bonds is 2. The minimum atomic E-state index is 0.149. The van der Waals surface area contributed by atoms with E-state index in [0.29, 0.717) is 6.42 Å². The van der Waals surface area contributed by atoms with Crippen molar-refractivity contribution in [3.05, 3.63) is 40.0 Å². The van der Waals surface area contributed by atoms with E-state index in [1.54, 1.807) is 0 Å². The minimum Gasteiger partial charge on any atom is -0.361 e. The average Bonchev–Trinajstić information content (AvgIpc) is 2.90. The first kappa shape index (κ1) is 13.2. The van der Waals surface area contributed by atoms with E-state index >= 15 is 0 Å². The molecule has 2 aromatic heterocycles. The molecule has 2 heterocycles. The molecule has 0 spiro atoms. The summed E-state index contributed by atoms with van der Waals surface area (Å²) < 4.78 is 7.57. The molecule has 0 fully saturated rings. The number of nitrogens with zero attached hydrogens (tertiary/aromatic N) is 2. The lowest BCUT2D eigenvalue weighted by molar-refractivity contribution is 0.0971. The molecule has 0 aliphatic heterocycles. The molecule has 2 aromatic rings. The zero-order valence-corrected chi connectivity index (χ0v) is 12.5. The van der Waals surface area contributed by atoms with E-state index < -0.39 is 0 Å². The second-order valence-corrected chi connectivity index (χ2v) is 5.71. The van der Waals surface area contributed by atoms with Crippen molar-refractivity contribution in [3.8, 4) is 0 Å². The fraction of sp³-hybridized carbons (Fsp3) is 0.500. The van der Waals surface area contributed by atoms with Crippen molar-refractivity contribution in [2.24, 2.45) is 0 Å². The van der Waals surface area contributed by atoms with Crippen LogP contribution < -0.4 is 0 Å². The first-order valence-electron chi connectivity index (χ1n) is 7.17. The summed E-state index contributed by atoms with van der Waals surface area (Å²) in [5, 5.41) is 4.05. The van der Waals surface area contributed by atoms with Gasteiger partial charge in [0.05, 0.1) is 11.7 Å². The predicted molar refractivity (Wildman–Crippen MR) is 76.2 cm³/mol. The van der Waals surface area contributed by atoms with Crippen LogP contribution in [0.25, 0.3) is 0 Å². The quantitative estimate of drug-likeness (QED) is 0.840. The third kappa shape index (κ3) is 1.82. The predicted octanol–water partition coefficient (Wildman–Crippen LogP) is 3.53. The van der Waals surface area contributed by atoms with E-state index in [1.807, 2.05) is 19.9 Å². The van der Waals surface area contributed by atoms with Crippen LogP contribution in [0.4, 0.5) is 0 Å². The van der Waals surface area contributed by atoms with Crippen LogP contribution in [0.15, 0.2) is 10.6 Å². The molecule has 1 unspecified atom stereocenters. The van der Waals surface area contributed by atoms with Gasteiger partial charge in [-0.25, -0.2) is 0 Å². The Kier molecular flexibility index (Phi) is 3.04. The van der Waals surface area contributed by atoms with Gasteiger partial charge in [-0.05, 0) is 46.6 Å². The van der Waals surface area contributed by atoms with Gasteiger partial charge >= 0.3 is 0 Å². The summed E-state index contributed by atoms with van der Waals surface area (Å²) in [6.45, 7) is 8.14. The van der Waals surface area contributed by atoms with Gasteiger partial charge in [0.1, 0.15) is 5.76 Å². The lowest BCUT2D eigenvalue weighted by Gasteiger charge is -2.22. The van der Waals surface area contributed by atoms with Gasteiger partial charge in [-0.15, -0.1) is 0 Å². The first-order valence-corrected chi connectivity index (χ1v) is 7.17. The Hall–Kier alpha value is -1.84. The molecule has 1 atom stereocenters. The van der Waals surface area contributed by atoms with Gasteiger partial charge < -0.3 is 9.09 Å². The Morgan fingerprint density at radius 3 is 2.70 bits per heavy atom. The highest BCUT2D eigenvalue weighted by Crippen LogP contribution is 2.32. The largest absolute Gasteiger partial charge is 0.361 e. The van der Waals surface area contributed by atoms with Crippen LogP contribution in [-0.4, -0.2) is 15.5 Å². The summed E-state index contributed by atoms with van der Waals surface area (Å²) in [5.41, 5.74) is 5.28. The number of carbonyl (C=O) groups excluding carboxylic acids is 1. The summed E-state index contributed by atoms with van der Waals surface area (Å²) in [7, 11) is 0. The first-order chi connectivity index (χ1) is 9.50. The second kappa shape index (κ2) is 4.62. The highest BCUT2D eigenvalue weighted by atomic mass is 16.5. The molecule has 1 aliphatic rings. The lowest BCUT2D eigenvalue weighted by Crippen LogP contribution is -2.17. The van der Waals surface area contributed by atoms with Crippen LogP contribution in [0.1, 0.15) is 64.6 Å². The molecule has 0 saturated heterocycles. The average molecular weight is 272 g/mol. The van der Waals surface area contributed by atoms with Gasteiger partial charge in [-0.3, -0.25) is 4.79 Å². The number of ketones is 1. The summed E-state index contributed by atoms with van der Waals surface area (Å²) in [5.74, 6) is 1.14. The number of Topliss-reactive ketones (excluding diaryl/α,β-unsaturated/α-hetero) is 1. The zero-order valence-electron chi connectivity index (χ0n) is 12.5. The Balaban J connectivity index is 2.13. The van der Waals surface area contributed by atoms with E-state index in [4.69, 9.17) is 4.52 Å². The van der Waals surface area contributed by atoms with Crippen molar-refractivity contribution in [1.82, 2.24) is 9.72 Å². The molecule has 3 rings (SSSR count). The summed E-state index contributed by atoms with van der Waals surface area (Å²) in [4.78, 5) is 12.0. The Labute approximate surface area is 118 Å². The van der Waals surface area contributed by atoms with Crippen LogP contribution in [0.2, 0.25) is 0 Å². The monoisotopic (exact) mass is 272 g/mol. The maximum Gasteiger partial charge on any atom is 0.164 e. The van der Waals surface area contributed by atoms with Crippen molar-refractivity contribution >= 4 is 5.78 Å². The number of carbonyl (C=O) groups is 1. The van der Waals surface area contributed by atoms with Crippen molar-refractivity contribution in [2.75, 3.05) is 0 Å². The molecule has 4 heteroatoms. The fourth-order valence-electron chi connectivity index (χ4n) is 3.51. The van der Waals surface area contributed by atoms with E-state index in [9.17, 15) is 4.79 Å². The third-order valence-corrected chi connectivity index (χ3v) is 4.35. The van der Waals surface area contributed by atoms with E-state index in [2.05, 4.69) is 23.6 Å². The van der Waals surface area contributed by atoms with Gasteiger partial charge in [0.2, 0.25) is 0 Å². The molecule has 0 saturated carbocycles. The normalized spacial score (nSPS) is 16.3. The molecule has 0 bridgehead atoms. The van der Waals surface area contributed by atoms with E-state index in [-0.39, 0.29) is 11.8 Å². The second-order valence-electron chi connectivity index (χ2n) is 5.71. The highest BCUT2D eigenvalue weighted by molar-refractivity contribution is 5.98. The molecule has 106 valence electrons. The SMILES string of the molecule is Cc1noc(C)c1C(C)n1c(C)cc2c1CCCC2=O. The highest BCUT2D eigenvalue weighted by Gasteiger charge is 2.27. The van der Waals surface area contributed by atoms with Crippen LogP contribution in [0.5, 0.6) is 0 Å². The third-order valence-electron chi connectivity index (χ3n) is 4.35. The van der Waals surface area contributed by atoms with Crippen LogP contribution in [0, 0.1) is 20.8 Å². The maximum atomic E-state index is 12.0. The van der Waals surface area contributed by atoms with Gasteiger partial charge in [0, 0.05) is 28.9 Å². The van der Waals surface area contributed by atoms with Crippen molar-refractivity contribution < 1.29 is 9.32 Å². The standard InChI is InChI=1S/C16H20N2O2/c1-9-8-13-14(6-5-7-15(13)19)18(9)11(3)16-10(2)17-20-12(16)4/h8,11H,5-7H2,1-4H3. The topological polar surface area (TPSA) is 48.0 Å². The number of aryl methyl sites for hydroxylation is 3. The molecule has 0 radical (unpaired) electrons. The Morgan fingerprint density at radius 1 is 1.30 bits per heavy atom. The fourth-order valence-corrected chi connectivity index (χ4v) is 3.51. The van der Waals surface area contributed by atoms with Gasteiger partial charge in [0.15, 0.2) is 5.78 Å². The van der Waals surface area contributed by atoms with Crippen molar-refractivity contribution in [1.29, 1.82) is 0 Å². The van der Waals surface area contributed by atoms with Gasteiger partial charge in [-0.2, -0.15) is 0 Å². The summed E-state index contributed by atoms with van der Waals surface area (Å²) in [6.07, 6.45) is 2.60. The number of fused-ring (bicyclic) bond motifs is 1. The molecule has 0 N–H and O–H groups in total. The minimum absolute atomic E-state index is 0.149. The molecule has 20 heavy (non-hydrogen) atoms. The molecule has 0 aromatic carbocycles. The zero-order chi connectivity index (χ0) is 14.4. The molecular formula is C16H20N2O2. The maximum absolute atomic E-state index is 12.0. The van der Waals surface area contributed by atoms with Crippen LogP contribution >= 0.6 is 0 Å². The Morgan fingerprint density at radius 2 is 2.05 bits per heavy atom. The van der Waals surface area contributed by atoms with Crippen LogP contribution in [-0.2, 0) is 6.42 Å². The van der Waals surface area contributed by atoms with Crippen LogP contribution in [0.3, 0.4) is 0 Å². The van der Waals surface area contributed by atoms with E-state index in [0.717, 1.165) is 41.1 Å².